The molecule has 0 bridgehead atoms. The molecule has 5 nitrogen and oxygen atoms in total. The molecule has 1 aromatic rings. The molecule has 2 rings (SSSR count). The van der Waals surface area contributed by atoms with E-state index in [0.717, 1.165) is 35.0 Å². The summed E-state index contributed by atoms with van der Waals surface area (Å²) in [5, 5.41) is 14.5. The van der Waals surface area contributed by atoms with E-state index < -0.39 is 5.97 Å². The van der Waals surface area contributed by atoms with Gasteiger partial charge in [0, 0.05) is 16.7 Å². The molecule has 21 heavy (non-hydrogen) atoms. The van der Waals surface area contributed by atoms with Gasteiger partial charge < -0.3 is 15.7 Å². The molecule has 1 fully saturated rings. The van der Waals surface area contributed by atoms with Gasteiger partial charge in [-0.15, -0.1) is 0 Å². The summed E-state index contributed by atoms with van der Waals surface area (Å²) in [6.45, 7) is 2.32. The molecule has 0 aromatic heterocycles. The number of halogens is 1. The summed E-state index contributed by atoms with van der Waals surface area (Å²) in [5.41, 5.74) is 1.43. The summed E-state index contributed by atoms with van der Waals surface area (Å²) < 4.78 is 0.932. The number of carboxylic acids is 1. The van der Waals surface area contributed by atoms with E-state index in [4.69, 9.17) is 5.11 Å². The lowest BCUT2D eigenvalue weighted by molar-refractivity contribution is -0.141. The SMILES string of the molecule is Cc1c(Br)cccc1NC(=O)NCC1(CC(=O)O)CCC1. The number of carboxylic acid groups (broad SMARTS) is 1. The first kappa shape index (κ1) is 15.8. The van der Waals surface area contributed by atoms with E-state index in [-0.39, 0.29) is 17.9 Å². The van der Waals surface area contributed by atoms with Gasteiger partial charge >= 0.3 is 12.0 Å². The van der Waals surface area contributed by atoms with Crippen LogP contribution >= 0.6 is 15.9 Å². The van der Waals surface area contributed by atoms with Gasteiger partial charge in [-0.05, 0) is 42.9 Å². The fourth-order valence-electron chi connectivity index (χ4n) is 2.59. The Balaban J connectivity index is 1.90. The molecule has 1 aromatic carbocycles. The molecule has 2 amide bonds. The van der Waals surface area contributed by atoms with Crippen LogP contribution in [-0.2, 0) is 4.79 Å². The predicted octanol–water partition coefficient (Wildman–Crippen LogP) is 3.52. The van der Waals surface area contributed by atoms with Crippen molar-refractivity contribution in [3.63, 3.8) is 0 Å². The normalized spacial score (nSPS) is 15.9. The van der Waals surface area contributed by atoms with Crippen molar-refractivity contribution in [1.29, 1.82) is 0 Å². The van der Waals surface area contributed by atoms with E-state index in [1.807, 2.05) is 25.1 Å². The van der Waals surface area contributed by atoms with Crippen LogP contribution in [-0.4, -0.2) is 23.7 Å². The second kappa shape index (κ2) is 6.47. The Bertz CT molecular complexity index is 556. The first-order valence-corrected chi connectivity index (χ1v) is 7.73. The third-order valence-electron chi connectivity index (χ3n) is 4.08. The van der Waals surface area contributed by atoms with Crippen LogP contribution in [0.3, 0.4) is 0 Å². The highest BCUT2D eigenvalue weighted by atomic mass is 79.9. The van der Waals surface area contributed by atoms with Crippen molar-refractivity contribution >= 4 is 33.6 Å². The van der Waals surface area contributed by atoms with Gasteiger partial charge in [0.15, 0.2) is 0 Å². The average Bonchev–Trinajstić information content (AvgIpc) is 2.37. The van der Waals surface area contributed by atoms with E-state index in [9.17, 15) is 9.59 Å². The summed E-state index contributed by atoms with van der Waals surface area (Å²) in [4.78, 5) is 22.9. The van der Waals surface area contributed by atoms with Crippen LogP contribution in [0.4, 0.5) is 10.5 Å². The molecule has 1 aliphatic carbocycles. The van der Waals surface area contributed by atoms with Crippen molar-refractivity contribution in [2.45, 2.75) is 32.6 Å². The lowest BCUT2D eigenvalue weighted by Gasteiger charge is -2.40. The number of nitrogens with one attached hydrogen (secondary N) is 2. The number of amides is 2. The lowest BCUT2D eigenvalue weighted by atomic mass is 9.66. The number of carbonyl (C=O) groups excluding carboxylic acids is 1. The van der Waals surface area contributed by atoms with Crippen molar-refractivity contribution in [3.8, 4) is 0 Å². The van der Waals surface area contributed by atoms with Gasteiger partial charge in [-0.3, -0.25) is 4.79 Å². The average molecular weight is 355 g/mol. The molecular weight excluding hydrogens is 336 g/mol. The molecular formula is C15H19BrN2O3. The first-order valence-electron chi connectivity index (χ1n) is 6.94. The Morgan fingerprint density at radius 2 is 2.10 bits per heavy atom. The molecule has 114 valence electrons. The molecule has 6 heteroatoms. The Kier molecular flexibility index (Phi) is 4.88. The molecule has 0 spiro atoms. The highest BCUT2D eigenvalue weighted by molar-refractivity contribution is 9.10. The molecule has 0 saturated heterocycles. The molecule has 0 radical (unpaired) electrons. The van der Waals surface area contributed by atoms with Crippen LogP contribution in [0.5, 0.6) is 0 Å². The van der Waals surface area contributed by atoms with Crippen LogP contribution in [0.2, 0.25) is 0 Å². The van der Waals surface area contributed by atoms with E-state index >= 15 is 0 Å². The topological polar surface area (TPSA) is 78.4 Å². The molecule has 1 aliphatic rings. The second-order valence-corrected chi connectivity index (χ2v) is 6.50. The first-order chi connectivity index (χ1) is 9.92. The second-order valence-electron chi connectivity index (χ2n) is 5.64. The Hall–Kier alpha value is -1.56. The van der Waals surface area contributed by atoms with Gasteiger partial charge in [-0.25, -0.2) is 4.79 Å². The fourth-order valence-corrected chi connectivity index (χ4v) is 2.96. The van der Waals surface area contributed by atoms with Gasteiger partial charge in [-0.2, -0.15) is 0 Å². The number of hydrogen-bond donors (Lipinski definition) is 3. The van der Waals surface area contributed by atoms with Crippen molar-refractivity contribution in [2.75, 3.05) is 11.9 Å². The number of rotatable bonds is 5. The molecule has 0 aliphatic heterocycles. The molecule has 0 atom stereocenters. The van der Waals surface area contributed by atoms with E-state index in [0.29, 0.717) is 6.54 Å². The van der Waals surface area contributed by atoms with Crippen molar-refractivity contribution in [1.82, 2.24) is 5.32 Å². The summed E-state index contributed by atoms with van der Waals surface area (Å²) in [6, 6.07) is 5.29. The Labute approximate surface area is 132 Å². The zero-order valence-electron chi connectivity index (χ0n) is 11.9. The molecule has 3 N–H and O–H groups in total. The van der Waals surface area contributed by atoms with Gasteiger partial charge in [0.2, 0.25) is 0 Å². The van der Waals surface area contributed by atoms with Crippen LogP contribution < -0.4 is 10.6 Å². The quantitative estimate of drug-likeness (QED) is 0.756. The summed E-state index contributed by atoms with van der Waals surface area (Å²) in [5.74, 6) is -0.806. The molecule has 1 saturated carbocycles. The van der Waals surface area contributed by atoms with Crippen molar-refractivity contribution in [2.24, 2.45) is 5.41 Å². The lowest BCUT2D eigenvalue weighted by Crippen LogP contribution is -2.44. The minimum absolute atomic E-state index is 0.114. The van der Waals surface area contributed by atoms with Gasteiger partial charge in [0.05, 0.1) is 6.42 Å². The summed E-state index contributed by atoms with van der Waals surface area (Å²) in [7, 11) is 0. The standard InChI is InChI=1S/C15H19BrN2O3/c1-10-11(16)4-2-5-12(10)18-14(21)17-9-15(6-3-7-15)8-13(19)20/h2,4-5H,3,6-9H2,1H3,(H,19,20)(H2,17,18,21). The fraction of sp³-hybridized carbons (Fsp3) is 0.467. The Morgan fingerprint density at radius 1 is 1.38 bits per heavy atom. The van der Waals surface area contributed by atoms with Crippen LogP contribution in [0.25, 0.3) is 0 Å². The maximum atomic E-state index is 12.0. The van der Waals surface area contributed by atoms with E-state index in [1.54, 1.807) is 0 Å². The zero-order valence-corrected chi connectivity index (χ0v) is 13.5. The zero-order chi connectivity index (χ0) is 15.5. The van der Waals surface area contributed by atoms with Crippen LogP contribution in [0, 0.1) is 12.3 Å². The number of hydrogen-bond acceptors (Lipinski definition) is 2. The number of benzene rings is 1. The molecule has 0 heterocycles. The van der Waals surface area contributed by atoms with Crippen molar-refractivity contribution < 1.29 is 14.7 Å². The number of carbonyl (C=O) groups is 2. The third kappa shape index (κ3) is 3.97. The van der Waals surface area contributed by atoms with Crippen LogP contribution in [0.15, 0.2) is 22.7 Å². The number of urea groups is 1. The highest BCUT2D eigenvalue weighted by Gasteiger charge is 2.39. The Morgan fingerprint density at radius 3 is 2.67 bits per heavy atom. The van der Waals surface area contributed by atoms with Crippen molar-refractivity contribution in [3.05, 3.63) is 28.2 Å². The third-order valence-corrected chi connectivity index (χ3v) is 4.94. The number of aliphatic carboxylic acids is 1. The minimum Gasteiger partial charge on any atom is -0.481 e. The van der Waals surface area contributed by atoms with Gasteiger partial charge in [0.1, 0.15) is 0 Å². The summed E-state index contributed by atoms with van der Waals surface area (Å²) >= 11 is 3.42. The summed E-state index contributed by atoms with van der Waals surface area (Å²) in [6.07, 6.45) is 2.86. The molecule has 0 unspecified atom stereocenters. The maximum Gasteiger partial charge on any atom is 0.319 e. The number of anilines is 1. The predicted molar refractivity (Wildman–Crippen MR) is 84.4 cm³/mol. The van der Waals surface area contributed by atoms with Gasteiger partial charge in [-0.1, -0.05) is 28.4 Å². The monoisotopic (exact) mass is 354 g/mol. The van der Waals surface area contributed by atoms with E-state index in [2.05, 4.69) is 26.6 Å². The largest absolute Gasteiger partial charge is 0.481 e. The minimum atomic E-state index is -0.806. The van der Waals surface area contributed by atoms with Crippen LogP contribution in [0.1, 0.15) is 31.2 Å². The van der Waals surface area contributed by atoms with Gasteiger partial charge in [0.25, 0.3) is 0 Å². The van der Waals surface area contributed by atoms with E-state index in [1.165, 1.54) is 0 Å². The smallest absolute Gasteiger partial charge is 0.319 e. The highest BCUT2D eigenvalue weighted by Crippen LogP contribution is 2.43. The maximum absolute atomic E-state index is 12.0.